The monoisotopic (exact) mass is 293 g/mol. The van der Waals surface area contributed by atoms with Gasteiger partial charge in [0, 0.05) is 12.6 Å². The van der Waals surface area contributed by atoms with Crippen LogP contribution in [0, 0.1) is 0 Å². The van der Waals surface area contributed by atoms with Gasteiger partial charge in [-0.25, -0.2) is 0 Å². The Morgan fingerprint density at radius 2 is 1.90 bits per heavy atom. The summed E-state index contributed by atoms with van der Waals surface area (Å²) in [5, 5.41) is 14.0. The minimum absolute atomic E-state index is 0.296. The smallest absolute Gasteiger partial charge is 0.0787 e. The van der Waals surface area contributed by atoms with Crippen LogP contribution in [0.1, 0.15) is 50.3 Å². The van der Waals surface area contributed by atoms with Crippen LogP contribution in [0.15, 0.2) is 24.3 Å². The molecule has 1 aromatic carbocycles. The molecule has 0 saturated carbocycles. The lowest BCUT2D eigenvalue weighted by molar-refractivity contribution is 0.0300. The first kappa shape index (κ1) is 15.9. The zero-order valence-corrected chi connectivity index (χ0v) is 13.5. The highest BCUT2D eigenvalue weighted by Crippen LogP contribution is 2.27. The van der Waals surface area contributed by atoms with Crippen molar-refractivity contribution in [3.05, 3.63) is 35.4 Å². The first-order valence-corrected chi connectivity index (χ1v) is 8.91. The number of aliphatic hydroxyl groups is 1. The Morgan fingerprint density at radius 1 is 1.25 bits per heavy atom. The van der Waals surface area contributed by atoms with E-state index in [-0.39, 0.29) is 0 Å². The van der Waals surface area contributed by atoms with E-state index in [0.29, 0.717) is 12.6 Å². The fraction of sp³-hybridized carbons (Fsp3) is 0.647. The topological polar surface area (TPSA) is 32.3 Å². The molecule has 1 aliphatic heterocycles. The van der Waals surface area contributed by atoms with Crippen molar-refractivity contribution in [3.63, 3.8) is 0 Å². The summed E-state index contributed by atoms with van der Waals surface area (Å²) in [7, 11) is 0. The largest absolute Gasteiger partial charge is 0.389 e. The second-order valence-corrected chi connectivity index (χ2v) is 7.16. The molecule has 20 heavy (non-hydrogen) atoms. The third-order valence-electron chi connectivity index (χ3n) is 4.18. The fourth-order valence-corrected chi connectivity index (χ4v) is 3.90. The van der Waals surface area contributed by atoms with Crippen molar-refractivity contribution >= 4 is 11.8 Å². The highest BCUT2D eigenvalue weighted by atomic mass is 32.2. The Hall–Kier alpha value is -0.510. The van der Waals surface area contributed by atoms with Gasteiger partial charge in [-0.05, 0) is 48.8 Å². The van der Waals surface area contributed by atoms with Gasteiger partial charge in [-0.2, -0.15) is 11.8 Å². The highest BCUT2D eigenvalue weighted by molar-refractivity contribution is 7.99. The first-order chi connectivity index (χ1) is 9.63. The van der Waals surface area contributed by atoms with Gasteiger partial charge >= 0.3 is 0 Å². The van der Waals surface area contributed by atoms with Crippen LogP contribution >= 0.6 is 11.8 Å². The van der Waals surface area contributed by atoms with Crippen LogP contribution in [0.4, 0.5) is 0 Å². The minimum Gasteiger partial charge on any atom is -0.389 e. The summed E-state index contributed by atoms with van der Waals surface area (Å²) in [5.41, 5.74) is 2.21. The van der Waals surface area contributed by atoms with Gasteiger partial charge in [-0.15, -0.1) is 0 Å². The molecule has 0 aliphatic carbocycles. The van der Waals surface area contributed by atoms with Crippen molar-refractivity contribution in [2.45, 2.75) is 51.2 Å². The van der Waals surface area contributed by atoms with E-state index in [1.807, 2.05) is 11.8 Å². The van der Waals surface area contributed by atoms with E-state index in [1.165, 1.54) is 17.5 Å². The molecule has 0 spiro atoms. The molecule has 1 saturated heterocycles. The molecule has 0 aromatic heterocycles. The lowest BCUT2D eigenvalue weighted by Crippen LogP contribution is -2.44. The van der Waals surface area contributed by atoms with E-state index in [9.17, 15) is 5.11 Å². The zero-order chi connectivity index (χ0) is 14.4. The van der Waals surface area contributed by atoms with E-state index in [1.54, 1.807) is 0 Å². The SMILES string of the molecule is CCCc1ccc(C(C)NCC2(O)CCSCC2)cc1. The molecule has 3 heteroatoms. The van der Waals surface area contributed by atoms with Gasteiger partial charge in [0.15, 0.2) is 0 Å². The summed E-state index contributed by atoms with van der Waals surface area (Å²) in [5.74, 6) is 2.16. The van der Waals surface area contributed by atoms with Crippen LogP contribution in [0.25, 0.3) is 0 Å². The number of hydrogen-bond donors (Lipinski definition) is 2. The van der Waals surface area contributed by atoms with E-state index >= 15 is 0 Å². The normalized spacial score (nSPS) is 19.8. The van der Waals surface area contributed by atoms with Crippen molar-refractivity contribution in [2.75, 3.05) is 18.1 Å². The molecule has 0 amide bonds. The molecule has 1 heterocycles. The van der Waals surface area contributed by atoms with Crippen LogP contribution < -0.4 is 5.32 Å². The maximum atomic E-state index is 10.5. The molecule has 112 valence electrons. The van der Waals surface area contributed by atoms with Gasteiger partial charge in [-0.1, -0.05) is 37.6 Å². The third kappa shape index (κ3) is 4.51. The summed E-state index contributed by atoms with van der Waals surface area (Å²) >= 11 is 1.95. The number of thioether (sulfide) groups is 1. The van der Waals surface area contributed by atoms with Crippen LogP contribution in [-0.2, 0) is 6.42 Å². The van der Waals surface area contributed by atoms with Gasteiger partial charge in [0.2, 0.25) is 0 Å². The van der Waals surface area contributed by atoms with Crippen LogP contribution in [0.2, 0.25) is 0 Å². The minimum atomic E-state index is -0.498. The third-order valence-corrected chi connectivity index (χ3v) is 5.16. The van der Waals surface area contributed by atoms with Crippen molar-refractivity contribution in [2.24, 2.45) is 0 Å². The van der Waals surface area contributed by atoms with Crippen LogP contribution in [-0.4, -0.2) is 28.8 Å². The maximum Gasteiger partial charge on any atom is 0.0787 e. The molecule has 1 fully saturated rings. The zero-order valence-electron chi connectivity index (χ0n) is 12.7. The molecular weight excluding hydrogens is 266 g/mol. The van der Waals surface area contributed by atoms with E-state index < -0.39 is 5.60 Å². The Kier molecular flexibility index (Phi) is 5.94. The van der Waals surface area contributed by atoms with E-state index in [2.05, 4.69) is 43.4 Å². The van der Waals surface area contributed by atoms with Gasteiger partial charge in [0.05, 0.1) is 5.60 Å². The van der Waals surface area contributed by atoms with Crippen LogP contribution in [0.5, 0.6) is 0 Å². The molecule has 2 N–H and O–H groups in total. The summed E-state index contributed by atoms with van der Waals surface area (Å²) < 4.78 is 0. The molecule has 2 nitrogen and oxygen atoms in total. The average Bonchev–Trinajstić information content (AvgIpc) is 2.47. The number of rotatable bonds is 6. The molecule has 1 aromatic rings. The summed E-state index contributed by atoms with van der Waals surface area (Å²) in [6, 6.07) is 9.17. The summed E-state index contributed by atoms with van der Waals surface area (Å²) in [4.78, 5) is 0. The first-order valence-electron chi connectivity index (χ1n) is 7.75. The van der Waals surface area contributed by atoms with E-state index in [4.69, 9.17) is 0 Å². The molecule has 0 radical (unpaired) electrons. The predicted molar refractivity (Wildman–Crippen MR) is 88.4 cm³/mol. The van der Waals surface area contributed by atoms with Crippen molar-refractivity contribution in [1.29, 1.82) is 0 Å². The lowest BCUT2D eigenvalue weighted by atomic mass is 9.96. The Balaban J connectivity index is 1.86. The number of benzene rings is 1. The Bertz CT molecular complexity index is 398. The Labute approximate surface area is 127 Å². The number of nitrogens with one attached hydrogen (secondary N) is 1. The second-order valence-electron chi connectivity index (χ2n) is 5.93. The van der Waals surface area contributed by atoms with Gasteiger partial charge in [-0.3, -0.25) is 0 Å². The van der Waals surface area contributed by atoms with E-state index in [0.717, 1.165) is 30.8 Å². The second kappa shape index (κ2) is 7.48. The number of aryl methyl sites for hydroxylation is 1. The summed E-state index contributed by atoms with van der Waals surface area (Å²) in [6.45, 7) is 5.09. The molecule has 2 rings (SSSR count). The lowest BCUT2D eigenvalue weighted by Gasteiger charge is -2.33. The average molecular weight is 293 g/mol. The quantitative estimate of drug-likeness (QED) is 0.841. The van der Waals surface area contributed by atoms with Gasteiger partial charge < -0.3 is 10.4 Å². The molecular formula is C17H27NOS. The van der Waals surface area contributed by atoms with Crippen molar-refractivity contribution < 1.29 is 5.11 Å². The molecule has 0 bridgehead atoms. The van der Waals surface area contributed by atoms with Crippen molar-refractivity contribution in [3.8, 4) is 0 Å². The Morgan fingerprint density at radius 3 is 2.50 bits per heavy atom. The molecule has 1 atom stereocenters. The molecule has 1 unspecified atom stereocenters. The maximum absolute atomic E-state index is 10.5. The van der Waals surface area contributed by atoms with Crippen LogP contribution in [0.3, 0.4) is 0 Å². The fourth-order valence-electron chi connectivity index (χ4n) is 2.65. The van der Waals surface area contributed by atoms with Gasteiger partial charge in [0.1, 0.15) is 0 Å². The number of hydrogen-bond acceptors (Lipinski definition) is 3. The van der Waals surface area contributed by atoms with Gasteiger partial charge in [0.25, 0.3) is 0 Å². The van der Waals surface area contributed by atoms with Crippen molar-refractivity contribution in [1.82, 2.24) is 5.32 Å². The summed E-state index contributed by atoms with van der Waals surface area (Å²) in [6.07, 6.45) is 4.16. The highest BCUT2D eigenvalue weighted by Gasteiger charge is 2.29. The standard InChI is InChI=1S/C17H27NOS/c1-3-4-15-5-7-16(8-6-15)14(2)18-13-17(19)9-11-20-12-10-17/h5-8,14,18-19H,3-4,9-13H2,1-2H3. The predicted octanol–water partition coefficient (Wildman–Crippen LogP) is 3.55. The molecule has 1 aliphatic rings.